The lowest BCUT2D eigenvalue weighted by Gasteiger charge is -2.29. The van der Waals surface area contributed by atoms with Crippen LogP contribution in [-0.2, 0) is 20.7 Å². The van der Waals surface area contributed by atoms with Crippen LogP contribution in [0.3, 0.4) is 0 Å². The average molecular weight is 453 g/mol. The van der Waals surface area contributed by atoms with Gasteiger partial charge in [0.05, 0.1) is 25.6 Å². The van der Waals surface area contributed by atoms with Crippen molar-refractivity contribution < 1.29 is 24.4 Å². The number of hydrogen-bond acceptors (Lipinski definition) is 6. The van der Waals surface area contributed by atoms with E-state index >= 15 is 0 Å². The molecule has 1 aliphatic rings. The molecule has 1 aliphatic heterocycles. The molecule has 2 aromatic rings. The van der Waals surface area contributed by atoms with Crippen LogP contribution in [-0.4, -0.2) is 72.2 Å². The van der Waals surface area contributed by atoms with Crippen molar-refractivity contribution in [1.82, 2.24) is 10.2 Å². The fourth-order valence-corrected chi connectivity index (χ4v) is 3.81. The Kier molecular flexibility index (Phi) is 9.74. The van der Waals surface area contributed by atoms with Crippen molar-refractivity contribution in [3.8, 4) is 0 Å². The Labute approximate surface area is 195 Å². The molecule has 0 unspecified atom stereocenters. The minimum absolute atomic E-state index is 0.0427. The molecule has 8 nitrogen and oxygen atoms in total. The van der Waals surface area contributed by atoms with Crippen molar-refractivity contribution in [3.05, 3.63) is 66.2 Å². The van der Waals surface area contributed by atoms with E-state index in [0.717, 1.165) is 12.0 Å². The van der Waals surface area contributed by atoms with E-state index in [4.69, 9.17) is 4.74 Å². The highest BCUT2D eigenvalue weighted by Gasteiger charge is 2.31. The first-order chi connectivity index (χ1) is 16.0. The van der Waals surface area contributed by atoms with Gasteiger partial charge in [0.15, 0.2) is 0 Å². The Bertz CT molecular complexity index is 863. The number of rotatable bonds is 11. The quantitative estimate of drug-likeness (QED) is 0.381. The van der Waals surface area contributed by atoms with E-state index in [9.17, 15) is 19.6 Å². The SMILES string of the molecule is O=C(N[C@@H](CCCc1ccccc1)B(O)O)[C@@H](CC(=O)N1CCOCC1)Nc1ccccc1. The molecule has 33 heavy (non-hydrogen) atoms. The van der Waals surface area contributed by atoms with Crippen molar-refractivity contribution in [2.45, 2.75) is 37.7 Å². The largest absolute Gasteiger partial charge is 0.475 e. The third-order valence-corrected chi connectivity index (χ3v) is 5.68. The van der Waals surface area contributed by atoms with Gasteiger partial charge in [0.2, 0.25) is 11.8 Å². The molecule has 2 atom stereocenters. The Balaban J connectivity index is 1.62. The topological polar surface area (TPSA) is 111 Å². The summed E-state index contributed by atoms with van der Waals surface area (Å²) in [6.45, 7) is 1.95. The molecule has 4 N–H and O–H groups in total. The number of para-hydroxylation sites is 1. The fourth-order valence-electron chi connectivity index (χ4n) is 3.81. The van der Waals surface area contributed by atoms with Gasteiger partial charge < -0.3 is 30.3 Å². The summed E-state index contributed by atoms with van der Waals surface area (Å²) in [6, 6.07) is 18.2. The summed E-state index contributed by atoms with van der Waals surface area (Å²) in [5.41, 5.74) is 1.85. The van der Waals surface area contributed by atoms with Crippen LogP contribution in [0.1, 0.15) is 24.8 Å². The smallest absolute Gasteiger partial charge is 0.426 e. The number of hydrogen-bond donors (Lipinski definition) is 4. The average Bonchev–Trinajstić information content (AvgIpc) is 2.84. The van der Waals surface area contributed by atoms with Crippen LogP contribution in [0.5, 0.6) is 0 Å². The van der Waals surface area contributed by atoms with Crippen LogP contribution in [0.15, 0.2) is 60.7 Å². The number of morpholine rings is 1. The lowest BCUT2D eigenvalue weighted by atomic mass is 9.76. The monoisotopic (exact) mass is 453 g/mol. The van der Waals surface area contributed by atoms with Crippen LogP contribution in [0, 0.1) is 0 Å². The first-order valence-corrected chi connectivity index (χ1v) is 11.4. The van der Waals surface area contributed by atoms with Gasteiger partial charge in [-0.2, -0.15) is 0 Å². The van der Waals surface area contributed by atoms with Crippen LogP contribution >= 0.6 is 0 Å². The lowest BCUT2D eigenvalue weighted by Crippen LogP contribution is -2.52. The molecule has 1 heterocycles. The molecule has 3 rings (SSSR count). The predicted octanol–water partition coefficient (Wildman–Crippen LogP) is 1.24. The minimum Gasteiger partial charge on any atom is -0.426 e. The summed E-state index contributed by atoms with van der Waals surface area (Å²) >= 11 is 0. The minimum atomic E-state index is -1.70. The maximum absolute atomic E-state index is 13.1. The molecular formula is C24H32BN3O5. The summed E-state index contributed by atoms with van der Waals surface area (Å²) < 4.78 is 5.30. The van der Waals surface area contributed by atoms with E-state index in [-0.39, 0.29) is 12.3 Å². The number of nitrogens with one attached hydrogen (secondary N) is 2. The Morgan fingerprint density at radius 3 is 2.27 bits per heavy atom. The molecule has 0 aliphatic carbocycles. The van der Waals surface area contributed by atoms with Gasteiger partial charge in [-0.15, -0.1) is 0 Å². The van der Waals surface area contributed by atoms with E-state index in [0.29, 0.717) is 44.8 Å². The molecule has 0 bridgehead atoms. The summed E-state index contributed by atoms with van der Waals surface area (Å²) in [5.74, 6) is -1.43. The summed E-state index contributed by atoms with van der Waals surface area (Å²) in [7, 11) is -1.70. The zero-order valence-corrected chi connectivity index (χ0v) is 18.7. The van der Waals surface area contributed by atoms with Gasteiger partial charge >= 0.3 is 7.12 Å². The molecule has 2 aromatic carbocycles. The molecule has 1 fully saturated rings. The molecule has 0 spiro atoms. The van der Waals surface area contributed by atoms with Crippen molar-refractivity contribution in [2.75, 3.05) is 31.6 Å². The zero-order valence-electron chi connectivity index (χ0n) is 18.7. The first-order valence-electron chi connectivity index (χ1n) is 11.4. The maximum Gasteiger partial charge on any atom is 0.475 e. The van der Waals surface area contributed by atoms with Crippen molar-refractivity contribution in [1.29, 1.82) is 0 Å². The van der Waals surface area contributed by atoms with E-state index in [1.54, 1.807) is 4.90 Å². The molecule has 0 radical (unpaired) electrons. The second-order valence-corrected chi connectivity index (χ2v) is 8.17. The van der Waals surface area contributed by atoms with Crippen molar-refractivity contribution >= 4 is 24.6 Å². The number of carbonyl (C=O) groups is 2. The fraction of sp³-hybridized carbons (Fsp3) is 0.417. The van der Waals surface area contributed by atoms with Gasteiger partial charge in [0.1, 0.15) is 6.04 Å². The van der Waals surface area contributed by atoms with E-state index in [1.807, 2.05) is 60.7 Å². The lowest BCUT2D eigenvalue weighted by molar-refractivity contribution is -0.137. The maximum atomic E-state index is 13.1. The van der Waals surface area contributed by atoms with Crippen LogP contribution in [0.4, 0.5) is 5.69 Å². The number of ether oxygens (including phenoxy) is 1. The summed E-state index contributed by atoms with van der Waals surface area (Å²) in [4.78, 5) is 27.6. The number of anilines is 1. The highest BCUT2D eigenvalue weighted by molar-refractivity contribution is 6.43. The number of benzene rings is 2. The standard InChI is InChI=1S/C24H32BN3O5/c29-23(28-14-16-33-17-15-28)18-21(26-20-11-5-2-6-12-20)24(30)27-22(25(31)32)13-7-10-19-8-3-1-4-9-19/h1-6,8-9,11-12,21-22,26,31-32H,7,10,13-18H2,(H,27,30)/t21-,22+/m1/s1. The first kappa shape index (κ1) is 24.8. The van der Waals surface area contributed by atoms with E-state index < -0.39 is 25.0 Å². The number of carbonyl (C=O) groups excluding carboxylic acids is 2. The number of aryl methyl sites for hydroxylation is 1. The molecule has 176 valence electrons. The van der Waals surface area contributed by atoms with E-state index in [2.05, 4.69) is 10.6 Å². The normalized spacial score (nSPS) is 15.4. The third-order valence-electron chi connectivity index (χ3n) is 5.68. The molecular weight excluding hydrogens is 421 g/mol. The highest BCUT2D eigenvalue weighted by Crippen LogP contribution is 2.13. The van der Waals surface area contributed by atoms with Crippen LogP contribution in [0.2, 0.25) is 0 Å². The third kappa shape index (κ3) is 8.20. The second kappa shape index (κ2) is 13.0. The second-order valence-electron chi connectivity index (χ2n) is 8.17. The Hall–Kier alpha value is -2.88. The predicted molar refractivity (Wildman–Crippen MR) is 127 cm³/mol. The van der Waals surface area contributed by atoms with Gasteiger partial charge in [-0.3, -0.25) is 9.59 Å². The van der Waals surface area contributed by atoms with Crippen LogP contribution in [0.25, 0.3) is 0 Å². The zero-order chi connectivity index (χ0) is 23.5. The van der Waals surface area contributed by atoms with Gasteiger partial charge in [-0.05, 0) is 37.0 Å². The number of nitrogens with zero attached hydrogens (tertiary/aromatic N) is 1. The van der Waals surface area contributed by atoms with Gasteiger partial charge in [-0.1, -0.05) is 48.5 Å². The summed E-state index contributed by atoms with van der Waals surface area (Å²) in [5, 5.41) is 25.5. The molecule has 2 amide bonds. The van der Waals surface area contributed by atoms with E-state index in [1.165, 1.54) is 0 Å². The molecule has 0 aromatic heterocycles. The molecule has 9 heteroatoms. The Morgan fingerprint density at radius 2 is 1.64 bits per heavy atom. The Morgan fingerprint density at radius 1 is 1.00 bits per heavy atom. The van der Waals surface area contributed by atoms with Gasteiger partial charge in [0.25, 0.3) is 0 Å². The van der Waals surface area contributed by atoms with Crippen molar-refractivity contribution in [2.24, 2.45) is 0 Å². The highest BCUT2D eigenvalue weighted by atomic mass is 16.5. The molecule has 0 saturated carbocycles. The summed E-state index contributed by atoms with van der Waals surface area (Å²) in [6.07, 6.45) is 1.80. The number of amides is 2. The van der Waals surface area contributed by atoms with Crippen molar-refractivity contribution in [3.63, 3.8) is 0 Å². The molecule has 1 saturated heterocycles. The van der Waals surface area contributed by atoms with Crippen LogP contribution < -0.4 is 10.6 Å². The van der Waals surface area contributed by atoms with Gasteiger partial charge in [-0.25, -0.2) is 0 Å². The van der Waals surface area contributed by atoms with Gasteiger partial charge in [0, 0.05) is 18.8 Å².